The highest BCUT2D eigenvalue weighted by atomic mass is 16.6. The molecule has 4 rings (SSSR count). The molecule has 2 heterocycles. The summed E-state index contributed by atoms with van der Waals surface area (Å²) in [6.07, 6.45) is 0. The van der Waals surface area contributed by atoms with Crippen LogP contribution in [0.2, 0.25) is 0 Å². The monoisotopic (exact) mass is 380 g/mol. The van der Waals surface area contributed by atoms with Crippen LogP contribution in [0.15, 0.2) is 48.5 Å². The second kappa shape index (κ2) is 7.95. The Hall–Kier alpha value is -3.62. The van der Waals surface area contributed by atoms with E-state index in [1.807, 2.05) is 37.3 Å². The van der Waals surface area contributed by atoms with Crippen LogP contribution in [-0.4, -0.2) is 52.4 Å². The number of likely N-dealkylation sites (N-methyl/N-ethyl adjacent to an activating group) is 1. The van der Waals surface area contributed by atoms with Gasteiger partial charge in [0.25, 0.3) is 5.95 Å². The van der Waals surface area contributed by atoms with Crippen LogP contribution in [-0.2, 0) is 4.79 Å². The molecule has 1 N–H and O–H groups in total. The Morgan fingerprint density at radius 3 is 2.71 bits per heavy atom. The Morgan fingerprint density at radius 2 is 1.93 bits per heavy atom. The number of para-hydroxylation sites is 1. The first-order chi connectivity index (χ1) is 13.7. The minimum Gasteiger partial charge on any atom is -0.486 e. The summed E-state index contributed by atoms with van der Waals surface area (Å²) < 4.78 is 12.7. The highest BCUT2D eigenvalue weighted by Gasteiger charge is 2.19. The Balaban J connectivity index is 1.47. The first-order valence-electron chi connectivity index (χ1n) is 9.03. The number of hydrogen-bond donors (Lipinski definition) is 1. The van der Waals surface area contributed by atoms with Gasteiger partial charge in [0.2, 0.25) is 5.91 Å². The van der Waals surface area contributed by atoms with E-state index in [-0.39, 0.29) is 12.5 Å². The smallest absolute Gasteiger partial charge is 0.250 e. The number of nitrogens with one attached hydrogen (secondary N) is 1. The van der Waals surface area contributed by atoms with E-state index in [4.69, 9.17) is 9.47 Å². The number of aromatic nitrogens is 4. The molecule has 2 aromatic carbocycles. The molecule has 0 bridgehead atoms. The molecule has 9 nitrogen and oxygen atoms in total. The molecule has 0 aliphatic carbocycles. The standard InChI is InChI=1S/C19H20N6O3/c1-2-24(19-21-22-23-25(19)15-6-4-3-5-7-15)13-18(26)20-14-8-9-16-17(12-14)28-11-10-27-16/h3-9,12H,2,10-11,13H2,1H3,(H,20,26). The van der Waals surface area contributed by atoms with E-state index < -0.39 is 0 Å². The molecular formula is C19H20N6O3. The van der Waals surface area contributed by atoms with E-state index in [1.54, 1.807) is 27.8 Å². The lowest BCUT2D eigenvalue weighted by molar-refractivity contribution is -0.115. The number of hydrogen-bond acceptors (Lipinski definition) is 7. The zero-order valence-corrected chi connectivity index (χ0v) is 15.4. The first kappa shape index (κ1) is 17.8. The third-order valence-corrected chi connectivity index (χ3v) is 4.28. The molecule has 28 heavy (non-hydrogen) atoms. The number of anilines is 2. The molecule has 1 aromatic heterocycles. The normalized spacial score (nSPS) is 12.5. The number of carbonyl (C=O) groups is 1. The van der Waals surface area contributed by atoms with E-state index >= 15 is 0 Å². The van der Waals surface area contributed by atoms with Gasteiger partial charge in [-0.2, -0.15) is 4.68 Å². The third kappa shape index (κ3) is 3.73. The maximum Gasteiger partial charge on any atom is 0.250 e. The Kier molecular flexibility index (Phi) is 5.05. The zero-order valence-electron chi connectivity index (χ0n) is 15.4. The van der Waals surface area contributed by atoms with Gasteiger partial charge in [-0.1, -0.05) is 23.3 Å². The number of fused-ring (bicyclic) bond motifs is 1. The van der Waals surface area contributed by atoms with E-state index in [1.165, 1.54) is 0 Å². The topological polar surface area (TPSA) is 94.4 Å². The van der Waals surface area contributed by atoms with E-state index in [9.17, 15) is 4.79 Å². The minimum absolute atomic E-state index is 0.109. The van der Waals surface area contributed by atoms with Crippen molar-refractivity contribution < 1.29 is 14.3 Å². The van der Waals surface area contributed by atoms with Gasteiger partial charge in [0.05, 0.1) is 5.69 Å². The van der Waals surface area contributed by atoms with Crippen LogP contribution in [0.5, 0.6) is 11.5 Å². The number of benzene rings is 2. The van der Waals surface area contributed by atoms with Crippen LogP contribution in [0.25, 0.3) is 5.69 Å². The summed E-state index contributed by atoms with van der Waals surface area (Å²) in [5.74, 6) is 1.64. The molecule has 0 spiro atoms. The van der Waals surface area contributed by atoms with Gasteiger partial charge in [-0.15, -0.1) is 0 Å². The summed E-state index contributed by atoms with van der Waals surface area (Å²) in [5.41, 5.74) is 1.47. The third-order valence-electron chi connectivity index (χ3n) is 4.28. The van der Waals surface area contributed by atoms with Crippen LogP contribution in [0.3, 0.4) is 0 Å². The van der Waals surface area contributed by atoms with Crippen LogP contribution in [0, 0.1) is 0 Å². The van der Waals surface area contributed by atoms with Gasteiger partial charge in [0.1, 0.15) is 19.8 Å². The summed E-state index contributed by atoms with van der Waals surface area (Å²) in [6, 6.07) is 14.9. The summed E-state index contributed by atoms with van der Waals surface area (Å²) in [4.78, 5) is 14.4. The molecule has 1 aliphatic heterocycles. The van der Waals surface area contributed by atoms with Gasteiger partial charge in [-0.25, -0.2) is 0 Å². The maximum atomic E-state index is 12.6. The number of carbonyl (C=O) groups excluding carboxylic acids is 1. The highest BCUT2D eigenvalue weighted by molar-refractivity contribution is 5.94. The van der Waals surface area contributed by atoms with Gasteiger partial charge in [-0.05, 0) is 41.6 Å². The van der Waals surface area contributed by atoms with Crippen molar-refractivity contribution in [2.45, 2.75) is 6.92 Å². The second-order valence-corrected chi connectivity index (χ2v) is 6.15. The molecule has 0 radical (unpaired) electrons. The van der Waals surface area contributed by atoms with Gasteiger partial charge >= 0.3 is 0 Å². The molecule has 0 saturated heterocycles. The van der Waals surface area contributed by atoms with Crippen molar-refractivity contribution in [3.8, 4) is 17.2 Å². The maximum absolute atomic E-state index is 12.6. The van der Waals surface area contributed by atoms with E-state index in [2.05, 4.69) is 20.8 Å². The average Bonchev–Trinajstić information content (AvgIpc) is 3.22. The van der Waals surface area contributed by atoms with Gasteiger partial charge < -0.3 is 19.7 Å². The predicted octanol–water partition coefficient (Wildman–Crippen LogP) is 1.90. The predicted molar refractivity (Wildman–Crippen MR) is 103 cm³/mol. The van der Waals surface area contributed by atoms with Crippen molar-refractivity contribution in [2.75, 3.05) is 36.5 Å². The van der Waals surface area contributed by atoms with Crippen LogP contribution < -0.4 is 19.7 Å². The number of amides is 1. The van der Waals surface area contributed by atoms with Gasteiger partial charge in [0.15, 0.2) is 11.5 Å². The molecule has 144 valence electrons. The number of nitrogens with zero attached hydrogens (tertiary/aromatic N) is 5. The second-order valence-electron chi connectivity index (χ2n) is 6.15. The molecule has 0 unspecified atom stereocenters. The molecule has 1 amide bonds. The lowest BCUT2D eigenvalue weighted by atomic mass is 10.2. The van der Waals surface area contributed by atoms with E-state index in [0.717, 1.165) is 5.69 Å². The van der Waals surface area contributed by atoms with Crippen LogP contribution >= 0.6 is 0 Å². The molecule has 3 aromatic rings. The molecule has 1 aliphatic rings. The summed E-state index contributed by atoms with van der Waals surface area (Å²) >= 11 is 0. The number of tetrazole rings is 1. The lowest BCUT2D eigenvalue weighted by Gasteiger charge is -2.21. The van der Waals surface area contributed by atoms with Crippen molar-refractivity contribution in [2.24, 2.45) is 0 Å². The summed E-state index contributed by atoms with van der Waals surface area (Å²) in [7, 11) is 0. The highest BCUT2D eigenvalue weighted by Crippen LogP contribution is 2.32. The number of rotatable bonds is 6. The fourth-order valence-electron chi connectivity index (χ4n) is 2.93. The van der Waals surface area contributed by atoms with Crippen molar-refractivity contribution >= 4 is 17.5 Å². The van der Waals surface area contributed by atoms with Gasteiger partial charge in [0, 0.05) is 18.3 Å². The molecule has 0 atom stereocenters. The largest absolute Gasteiger partial charge is 0.486 e. The van der Waals surface area contributed by atoms with Crippen molar-refractivity contribution in [1.82, 2.24) is 20.2 Å². The SMILES string of the molecule is CCN(CC(=O)Nc1ccc2c(c1)OCCO2)c1nnnn1-c1ccccc1. The summed E-state index contributed by atoms with van der Waals surface area (Å²) in [5, 5.41) is 14.8. The fraction of sp³-hybridized carbons (Fsp3) is 0.263. The fourth-order valence-corrected chi connectivity index (χ4v) is 2.93. The first-order valence-corrected chi connectivity index (χ1v) is 9.03. The van der Waals surface area contributed by atoms with Crippen molar-refractivity contribution in [3.63, 3.8) is 0 Å². The number of ether oxygens (including phenoxy) is 2. The molecule has 0 saturated carbocycles. The zero-order chi connectivity index (χ0) is 19.3. The Morgan fingerprint density at radius 1 is 1.14 bits per heavy atom. The van der Waals surface area contributed by atoms with E-state index in [0.29, 0.717) is 42.9 Å². The average molecular weight is 380 g/mol. The van der Waals surface area contributed by atoms with Crippen LogP contribution in [0.1, 0.15) is 6.92 Å². The van der Waals surface area contributed by atoms with Crippen LogP contribution in [0.4, 0.5) is 11.6 Å². The molecular weight excluding hydrogens is 360 g/mol. The van der Waals surface area contributed by atoms with Crippen molar-refractivity contribution in [1.29, 1.82) is 0 Å². The lowest BCUT2D eigenvalue weighted by Crippen LogP contribution is -2.35. The molecule has 9 heteroatoms. The van der Waals surface area contributed by atoms with Crippen molar-refractivity contribution in [3.05, 3.63) is 48.5 Å². The van der Waals surface area contributed by atoms with Gasteiger partial charge in [-0.3, -0.25) is 4.79 Å². The minimum atomic E-state index is -0.180. The Labute approximate surface area is 161 Å². The Bertz CT molecular complexity index is 959. The molecule has 0 fully saturated rings. The quantitative estimate of drug-likeness (QED) is 0.698. The summed E-state index contributed by atoms with van der Waals surface area (Å²) in [6.45, 7) is 3.65.